The molecule has 1 aliphatic heterocycles. The maximum atomic E-state index is 11.8. The predicted octanol–water partition coefficient (Wildman–Crippen LogP) is 2.66. The Morgan fingerprint density at radius 2 is 2.12 bits per heavy atom. The largest absolute Gasteiger partial charge is 0.477 e. The van der Waals surface area contributed by atoms with Gasteiger partial charge < -0.3 is 19.8 Å². The molecular formula is C17H18ClN3O4. The average molecular weight is 364 g/mol. The van der Waals surface area contributed by atoms with E-state index in [4.69, 9.17) is 16.1 Å². The Morgan fingerprint density at radius 1 is 1.40 bits per heavy atom. The number of hydrogen-bond donors (Lipinski definition) is 2. The van der Waals surface area contributed by atoms with E-state index < -0.39 is 5.97 Å². The molecule has 1 fully saturated rings. The standard InChI is InChI=1S/C17H18ClN3O4/c1-19-13(22)8-10-6-7-21(9-10)16-14(17(23)24)15(25-20-16)11-2-4-12(18)5-3-11/h2-5,10H,6-9H2,1H3,(H,19,22)(H,23,24). The number of carbonyl (C=O) groups is 2. The Morgan fingerprint density at radius 3 is 2.76 bits per heavy atom. The molecule has 0 spiro atoms. The monoisotopic (exact) mass is 363 g/mol. The molecule has 2 heterocycles. The van der Waals surface area contributed by atoms with E-state index in [1.165, 1.54) is 0 Å². The molecule has 7 nitrogen and oxygen atoms in total. The molecule has 2 N–H and O–H groups in total. The number of rotatable bonds is 5. The highest BCUT2D eigenvalue weighted by atomic mass is 35.5. The summed E-state index contributed by atoms with van der Waals surface area (Å²) in [4.78, 5) is 25.2. The third kappa shape index (κ3) is 3.61. The quantitative estimate of drug-likeness (QED) is 0.847. The van der Waals surface area contributed by atoms with Crippen LogP contribution in [0.4, 0.5) is 5.82 Å². The molecule has 1 aliphatic rings. The van der Waals surface area contributed by atoms with Crippen molar-refractivity contribution in [2.24, 2.45) is 5.92 Å². The number of benzene rings is 1. The van der Waals surface area contributed by atoms with Crippen LogP contribution in [0.5, 0.6) is 0 Å². The number of amides is 1. The summed E-state index contributed by atoms with van der Waals surface area (Å²) in [6, 6.07) is 6.72. The number of anilines is 1. The lowest BCUT2D eigenvalue weighted by Gasteiger charge is -2.15. The van der Waals surface area contributed by atoms with Crippen molar-refractivity contribution in [2.75, 3.05) is 25.0 Å². The van der Waals surface area contributed by atoms with E-state index >= 15 is 0 Å². The summed E-state index contributed by atoms with van der Waals surface area (Å²) in [7, 11) is 1.60. The van der Waals surface area contributed by atoms with Gasteiger partial charge in [-0.2, -0.15) is 0 Å². The lowest BCUT2D eigenvalue weighted by Crippen LogP contribution is -2.25. The maximum Gasteiger partial charge on any atom is 0.343 e. The van der Waals surface area contributed by atoms with Crippen LogP contribution in [0.25, 0.3) is 11.3 Å². The molecule has 1 aromatic heterocycles. The Bertz CT molecular complexity index is 788. The van der Waals surface area contributed by atoms with Gasteiger partial charge in [0.1, 0.15) is 0 Å². The lowest BCUT2D eigenvalue weighted by atomic mass is 10.0. The summed E-state index contributed by atoms with van der Waals surface area (Å²) < 4.78 is 5.34. The van der Waals surface area contributed by atoms with Gasteiger partial charge in [0.25, 0.3) is 0 Å². The highest BCUT2D eigenvalue weighted by Crippen LogP contribution is 2.34. The van der Waals surface area contributed by atoms with Crippen molar-refractivity contribution in [3.63, 3.8) is 0 Å². The van der Waals surface area contributed by atoms with Crippen molar-refractivity contribution >= 4 is 29.3 Å². The summed E-state index contributed by atoms with van der Waals surface area (Å²) >= 11 is 5.88. The SMILES string of the molecule is CNC(=O)CC1CCN(c2noc(-c3ccc(Cl)cc3)c2C(=O)O)C1. The van der Waals surface area contributed by atoms with Crippen LogP contribution in [0.2, 0.25) is 5.02 Å². The third-order valence-electron chi connectivity index (χ3n) is 4.33. The number of carboxylic acids is 1. The van der Waals surface area contributed by atoms with Gasteiger partial charge in [-0.05, 0) is 36.6 Å². The van der Waals surface area contributed by atoms with Gasteiger partial charge in [-0.25, -0.2) is 4.79 Å². The molecule has 1 aromatic carbocycles. The fourth-order valence-corrected chi connectivity index (χ4v) is 3.17. The number of hydrogen-bond acceptors (Lipinski definition) is 5. The van der Waals surface area contributed by atoms with Crippen LogP contribution in [0, 0.1) is 5.92 Å². The molecule has 8 heteroatoms. The summed E-state index contributed by atoms with van der Waals surface area (Å²) in [6.07, 6.45) is 1.22. The number of carboxylic acid groups (broad SMARTS) is 1. The second-order valence-corrected chi connectivity index (χ2v) is 6.44. The molecule has 0 saturated carbocycles. The molecule has 0 bridgehead atoms. The molecule has 1 amide bonds. The molecule has 0 radical (unpaired) electrons. The third-order valence-corrected chi connectivity index (χ3v) is 4.58. The normalized spacial score (nSPS) is 16.9. The minimum absolute atomic E-state index is 0.0210. The molecule has 2 aromatic rings. The van der Waals surface area contributed by atoms with Crippen LogP contribution in [-0.4, -0.2) is 42.3 Å². The highest BCUT2D eigenvalue weighted by molar-refractivity contribution is 6.30. The van der Waals surface area contributed by atoms with Gasteiger partial charge >= 0.3 is 5.97 Å². The van der Waals surface area contributed by atoms with E-state index in [-0.39, 0.29) is 23.1 Å². The van der Waals surface area contributed by atoms with Gasteiger partial charge in [-0.3, -0.25) is 4.79 Å². The Balaban J connectivity index is 1.87. The van der Waals surface area contributed by atoms with E-state index in [1.807, 2.05) is 4.90 Å². The fraction of sp³-hybridized carbons (Fsp3) is 0.353. The van der Waals surface area contributed by atoms with Crippen molar-refractivity contribution in [3.8, 4) is 11.3 Å². The van der Waals surface area contributed by atoms with Gasteiger partial charge in [0.05, 0.1) is 0 Å². The smallest absolute Gasteiger partial charge is 0.343 e. The first kappa shape index (κ1) is 17.3. The van der Waals surface area contributed by atoms with Crippen LogP contribution in [-0.2, 0) is 4.79 Å². The summed E-state index contributed by atoms with van der Waals surface area (Å²) in [5.74, 6) is -0.452. The van der Waals surface area contributed by atoms with Crippen molar-refractivity contribution in [1.29, 1.82) is 0 Å². The molecule has 1 unspecified atom stereocenters. The van der Waals surface area contributed by atoms with Crippen molar-refractivity contribution < 1.29 is 19.2 Å². The Labute approximate surface area is 149 Å². The van der Waals surface area contributed by atoms with Gasteiger partial charge in [0, 0.05) is 37.1 Å². The van der Waals surface area contributed by atoms with Crippen molar-refractivity contribution in [1.82, 2.24) is 10.5 Å². The van der Waals surface area contributed by atoms with Gasteiger partial charge in [-0.1, -0.05) is 16.8 Å². The number of nitrogens with one attached hydrogen (secondary N) is 1. The Hall–Kier alpha value is -2.54. The first-order chi connectivity index (χ1) is 12.0. The highest BCUT2D eigenvalue weighted by Gasteiger charge is 2.32. The summed E-state index contributed by atoms with van der Waals surface area (Å²) in [5, 5.41) is 16.8. The van der Waals surface area contributed by atoms with Crippen molar-refractivity contribution in [2.45, 2.75) is 12.8 Å². The zero-order valence-corrected chi connectivity index (χ0v) is 14.4. The lowest BCUT2D eigenvalue weighted by molar-refractivity contribution is -0.121. The second kappa shape index (κ2) is 7.14. The zero-order chi connectivity index (χ0) is 18.0. The molecule has 1 saturated heterocycles. The molecule has 132 valence electrons. The average Bonchev–Trinajstić information content (AvgIpc) is 3.22. The second-order valence-electron chi connectivity index (χ2n) is 6.00. The fourth-order valence-electron chi connectivity index (χ4n) is 3.04. The topological polar surface area (TPSA) is 95.7 Å². The van der Waals surface area contributed by atoms with Crippen LogP contribution < -0.4 is 10.2 Å². The predicted molar refractivity (Wildman–Crippen MR) is 92.9 cm³/mol. The van der Waals surface area contributed by atoms with E-state index in [0.29, 0.717) is 35.9 Å². The number of aromatic nitrogens is 1. The zero-order valence-electron chi connectivity index (χ0n) is 13.7. The summed E-state index contributed by atoms with van der Waals surface area (Å²) in [5.41, 5.74) is 0.629. The van der Waals surface area contributed by atoms with E-state index in [0.717, 1.165) is 6.42 Å². The minimum atomic E-state index is -1.10. The van der Waals surface area contributed by atoms with Gasteiger partial charge in [-0.15, -0.1) is 0 Å². The van der Waals surface area contributed by atoms with Crippen LogP contribution in [0.15, 0.2) is 28.8 Å². The molecule has 1 atom stereocenters. The van der Waals surface area contributed by atoms with Gasteiger partial charge in [0.15, 0.2) is 17.1 Å². The Kier molecular flexibility index (Phi) is 4.94. The van der Waals surface area contributed by atoms with Crippen LogP contribution >= 0.6 is 11.6 Å². The van der Waals surface area contributed by atoms with Crippen LogP contribution in [0.3, 0.4) is 0 Å². The molecule has 0 aliphatic carbocycles. The molecular weight excluding hydrogens is 346 g/mol. The van der Waals surface area contributed by atoms with E-state index in [2.05, 4.69) is 10.5 Å². The van der Waals surface area contributed by atoms with E-state index in [1.54, 1.807) is 31.3 Å². The minimum Gasteiger partial charge on any atom is -0.477 e. The number of aromatic carboxylic acids is 1. The first-order valence-electron chi connectivity index (χ1n) is 7.94. The number of nitrogens with zero attached hydrogens (tertiary/aromatic N) is 2. The van der Waals surface area contributed by atoms with E-state index in [9.17, 15) is 14.7 Å². The molecule has 25 heavy (non-hydrogen) atoms. The maximum absolute atomic E-state index is 11.8. The van der Waals surface area contributed by atoms with Crippen molar-refractivity contribution in [3.05, 3.63) is 34.9 Å². The van der Waals surface area contributed by atoms with Gasteiger partial charge in [0.2, 0.25) is 5.91 Å². The number of carbonyl (C=O) groups excluding carboxylic acids is 1. The van der Waals surface area contributed by atoms with Crippen LogP contribution in [0.1, 0.15) is 23.2 Å². The summed E-state index contributed by atoms with van der Waals surface area (Å²) in [6.45, 7) is 1.20. The molecule has 3 rings (SSSR count). The number of halogens is 1. The first-order valence-corrected chi connectivity index (χ1v) is 8.31.